The summed E-state index contributed by atoms with van der Waals surface area (Å²) in [6.45, 7) is 8.88. The molecular formula is C46H52Cl2N6O5S. The molecule has 2 aromatic heterocycles. The highest BCUT2D eigenvalue weighted by Crippen LogP contribution is 2.41. The van der Waals surface area contributed by atoms with Crippen LogP contribution in [0.4, 0.5) is 5.69 Å². The number of piperazine rings is 1. The fourth-order valence-corrected chi connectivity index (χ4v) is 9.51. The van der Waals surface area contributed by atoms with Crippen LogP contribution in [0.25, 0.3) is 16.5 Å². The number of H-pyrrole nitrogens is 1. The first-order chi connectivity index (χ1) is 28.9. The summed E-state index contributed by atoms with van der Waals surface area (Å²) in [6, 6.07) is 21.4. The van der Waals surface area contributed by atoms with Gasteiger partial charge in [-0.15, -0.1) is 0 Å². The summed E-state index contributed by atoms with van der Waals surface area (Å²) in [5.41, 5.74) is 5.48. The molecule has 11 nitrogen and oxygen atoms in total. The first-order valence-electron chi connectivity index (χ1n) is 20.7. The zero-order valence-electron chi connectivity index (χ0n) is 34.3. The quantitative estimate of drug-likeness (QED) is 0.0986. The lowest BCUT2D eigenvalue weighted by atomic mass is 9.79. The third-order valence-corrected chi connectivity index (χ3v) is 13.6. The summed E-state index contributed by atoms with van der Waals surface area (Å²) in [7, 11) is 1.82. The summed E-state index contributed by atoms with van der Waals surface area (Å²) in [5, 5.41) is 19.4. The number of aromatic amines is 1. The van der Waals surface area contributed by atoms with E-state index in [0.29, 0.717) is 45.4 Å². The third-order valence-electron chi connectivity index (χ3n) is 12.3. The first kappa shape index (κ1) is 42.4. The number of nitrogens with one attached hydrogen (secondary N) is 2. The Morgan fingerprint density at radius 1 is 0.983 bits per heavy atom. The monoisotopic (exact) mass is 870 g/mol. The molecule has 1 unspecified atom stereocenters. The summed E-state index contributed by atoms with van der Waals surface area (Å²) in [4.78, 5) is 23.9. The fourth-order valence-electron chi connectivity index (χ4n) is 8.49. The third kappa shape index (κ3) is 10.1. The Balaban J connectivity index is 0.950. The van der Waals surface area contributed by atoms with E-state index in [4.69, 9.17) is 37.4 Å². The lowest BCUT2D eigenvalue weighted by Crippen LogP contribution is -2.47. The van der Waals surface area contributed by atoms with Gasteiger partial charge in [0.25, 0.3) is 5.91 Å². The van der Waals surface area contributed by atoms with Crippen molar-refractivity contribution in [2.45, 2.75) is 74.9 Å². The summed E-state index contributed by atoms with van der Waals surface area (Å²) in [5.74, 6) is 1.40. The number of carbonyl (C=O) groups is 1. The van der Waals surface area contributed by atoms with Gasteiger partial charge in [-0.3, -0.25) is 19.5 Å². The summed E-state index contributed by atoms with van der Waals surface area (Å²) >= 11 is 14.0. The fraction of sp³-hybridized carbons (Fsp3) is 0.413. The van der Waals surface area contributed by atoms with Crippen LogP contribution in [-0.2, 0) is 4.74 Å². The van der Waals surface area contributed by atoms with Crippen LogP contribution in [0, 0.1) is 5.92 Å². The highest BCUT2D eigenvalue weighted by atomic mass is 35.5. The molecule has 60 heavy (non-hydrogen) atoms. The van der Waals surface area contributed by atoms with Crippen molar-refractivity contribution < 1.29 is 24.1 Å². The zero-order valence-corrected chi connectivity index (χ0v) is 36.6. The average molecular weight is 872 g/mol. The van der Waals surface area contributed by atoms with E-state index >= 15 is 0 Å². The largest absolute Gasteiger partial charge is 0.476 e. The van der Waals surface area contributed by atoms with Crippen LogP contribution in [0.2, 0.25) is 10.0 Å². The second-order valence-electron chi connectivity index (χ2n) is 16.8. The predicted molar refractivity (Wildman–Crippen MR) is 240 cm³/mol. The van der Waals surface area contributed by atoms with Crippen LogP contribution in [0.1, 0.15) is 74.7 Å². The van der Waals surface area contributed by atoms with Gasteiger partial charge in [0.2, 0.25) is 5.88 Å². The minimum atomic E-state index is -0.596. The zero-order chi connectivity index (χ0) is 41.9. The number of halogens is 2. The van der Waals surface area contributed by atoms with Crippen LogP contribution in [0.5, 0.6) is 17.4 Å². The molecule has 0 radical (unpaired) electrons. The Labute approximate surface area is 365 Å². The van der Waals surface area contributed by atoms with Gasteiger partial charge < -0.3 is 24.2 Å². The molecule has 1 saturated heterocycles. The molecule has 3 aromatic carbocycles. The number of anilines is 1. The van der Waals surface area contributed by atoms with E-state index < -0.39 is 5.60 Å². The number of fused-ring (bicyclic) bond motifs is 1. The number of pyridine rings is 1. The van der Waals surface area contributed by atoms with Crippen molar-refractivity contribution in [2.24, 2.45) is 5.92 Å². The Morgan fingerprint density at radius 2 is 1.77 bits per heavy atom. The Morgan fingerprint density at radius 3 is 2.52 bits per heavy atom. The van der Waals surface area contributed by atoms with Crippen molar-refractivity contribution in [1.82, 2.24) is 24.8 Å². The lowest BCUT2D eigenvalue weighted by molar-refractivity contribution is -0.00393. The molecule has 3 heterocycles. The molecule has 1 atom stereocenters. The maximum Gasteiger partial charge on any atom is 0.265 e. The van der Waals surface area contributed by atoms with E-state index in [2.05, 4.69) is 48.8 Å². The number of ether oxygens (including phenoxy) is 3. The number of hydrogen-bond donors (Lipinski definition) is 3. The lowest BCUT2D eigenvalue weighted by Gasteiger charge is -2.40. The molecule has 0 bridgehead atoms. The maximum absolute atomic E-state index is 13.9. The van der Waals surface area contributed by atoms with Gasteiger partial charge >= 0.3 is 0 Å². The van der Waals surface area contributed by atoms with Gasteiger partial charge in [-0.05, 0) is 136 Å². The van der Waals surface area contributed by atoms with Gasteiger partial charge in [0.1, 0.15) is 16.5 Å². The van der Waals surface area contributed by atoms with Gasteiger partial charge in [-0.2, -0.15) is 5.10 Å². The SMILES string of the molecule is COC1(C)CCC(c2ccc(Cl)cc2)=C(CN2CCN(c3ccc(C(=O)NSc4cnc(OC[C@H]5CC[C@@](C)(O)CC5)c(Cl)c4)c(Oc4cccc5[nH]ncc45)c3)CC2)C1. The van der Waals surface area contributed by atoms with Crippen LogP contribution in [0.15, 0.2) is 89.6 Å². The Kier molecular flexibility index (Phi) is 13.0. The number of nitrogens with zero attached hydrogens (tertiary/aromatic N) is 4. The highest BCUT2D eigenvalue weighted by molar-refractivity contribution is 7.98. The van der Waals surface area contributed by atoms with Gasteiger partial charge in [0.05, 0.1) is 40.5 Å². The molecule has 2 fully saturated rings. The number of methoxy groups -OCH3 is 1. The summed E-state index contributed by atoms with van der Waals surface area (Å²) < 4.78 is 21.5. The predicted octanol–water partition coefficient (Wildman–Crippen LogP) is 9.98. The van der Waals surface area contributed by atoms with Crippen molar-refractivity contribution in [2.75, 3.05) is 51.3 Å². The van der Waals surface area contributed by atoms with E-state index in [1.807, 2.05) is 62.6 Å². The molecule has 0 spiro atoms. The number of rotatable bonds is 13. The van der Waals surface area contributed by atoms with E-state index in [-0.39, 0.29) is 11.5 Å². The molecule has 5 aromatic rings. The highest BCUT2D eigenvalue weighted by Gasteiger charge is 2.33. The molecule has 316 valence electrons. The number of amides is 1. The van der Waals surface area contributed by atoms with Crippen LogP contribution in [0.3, 0.4) is 0 Å². The second kappa shape index (κ2) is 18.4. The number of hydrogen-bond acceptors (Lipinski definition) is 10. The molecule has 3 N–H and O–H groups in total. The van der Waals surface area contributed by atoms with Crippen LogP contribution in [-0.4, -0.2) is 88.7 Å². The van der Waals surface area contributed by atoms with Gasteiger partial charge in [-0.1, -0.05) is 41.4 Å². The number of carbonyl (C=O) groups excluding carboxylic acids is 1. The van der Waals surface area contributed by atoms with E-state index in [1.54, 1.807) is 18.5 Å². The Hall–Kier alpha value is -4.30. The Bertz CT molecular complexity index is 2340. The minimum absolute atomic E-state index is 0.180. The average Bonchev–Trinajstić information content (AvgIpc) is 3.74. The topological polar surface area (TPSA) is 125 Å². The van der Waals surface area contributed by atoms with Crippen LogP contribution >= 0.6 is 35.1 Å². The molecule has 1 saturated carbocycles. The van der Waals surface area contributed by atoms with Crippen LogP contribution < -0.4 is 19.1 Å². The normalized spacial score (nSPS) is 22.6. The molecular weight excluding hydrogens is 820 g/mol. The molecule has 2 aliphatic carbocycles. The van der Waals surface area contributed by atoms with E-state index in [1.165, 1.54) is 16.7 Å². The van der Waals surface area contributed by atoms with Gasteiger partial charge in [0.15, 0.2) is 0 Å². The van der Waals surface area contributed by atoms with Crippen molar-refractivity contribution in [3.8, 4) is 17.4 Å². The van der Waals surface area contributed by atoms with Crippen molar-refractivity contribution in [3.63, 3.8) is 0 Å². The summed E-state index contributed by atoms with van der Waals surface area (Å²) in [6.07, 6.45) is 9.50. The van der Waals surface area contributed by atoms with Gasteiger partial charge in [0, 0.05) is 67.7 Å². The first-order valence-corrected chi connectivity index (χ1v) is 22.2. The van der Waals surface area contributed by atoms with E-state index in [9.17, 15) is 9.90 Å². The molecule has 1 aliphatic heterocycles. The number of allylic oxidation sites excluding steroid dienone is 1. The van der Waals surface area contributed by atoms with Crippen molar-refractivity contribution in [1.29, 1.82) is 0 Å². The molecule has 14 heteroatoms. The molecule has 3 aliphatic rings. The number of benzene rings is 3. The standard InChI is InChI=1S/C46H52Cl2N6O5S/c1-45(56)16-13-30(14-17-45)29-58-44-39(48)24-35(26-49-44)60-52-43(55)37-12-11-34(23-42(37)59-41-6-4-5-40-38(41)27-50-51-40)54-21-19-53(20-22-54)28-32-25-46(2,57-3)18-15-36(32)31-7-9-33(47)10-8-31/h4-12,23-24,26-27,30,56H,13-22,25,28-29H2,1-3H3,(H,50,51)(H,52,55)/t30-,45+,46?. The molecule has 1 amide bonds. The molecule has 8 rings (SSSR count). The van der Waals surface area contributed by atoms with Gasteiger partial charge in [-0.25, -0.2) is 4.98 Å². The van der Waals surface area contributed by atoms with Crippen molar-refractivity contribution in [3.05, 3.63) is 106 Å². The minimum Gasteiger partial charge on any atom is -0.476 e. The number of aromatic nitrogens is 3. The smallest absolute Gasteiger partial charge is 0.265 e. The van der Waals surface area contributed by atoms with E-state index in [0.717, 1.165) is 111 Å². The van der Waals surface area contributed by atoms with Crippen molar-refractivity contribution >= 4 is 63.2 Å². The second-order valence-corrected chi connectivity index (χ2v) is 18.5. The number of aliphatic hydroxyl groups is 1. The maximum atomic E-state index is 13.9.